The number of rotatable bonds is 2. The summed E-state index contributed by atoms with van der Waals surface area (Å²) in [4.78, 5) is 0. The Kier molecular flexibility index (Phi) is 5.53. The summed E-state index contributed by atoms with van der Waals surface area (Å²) in [7, 11) is 0. The molecule has 0 aliphatic heterocycles. The van der Waals surface area contributed by atoms with Crippen LogP contribution in [0.25, 0.3) is 6.08 Å². The summed E-state index contributed by atoms with van der Waals surface area (Å²) < 4.78 is 7.65. The van der Waals surface area contributed by atoms with Crippen molar-refractivity contribution >= 4 is 13.0 Å². The molecule has 0 heterocycles. The van der Waals surface area contributed by atoms with Gasteiger partial charge in [0, 0.05) is 0 Å². The van der Waals surface area contributed by atoms with Crippen molar-refractivity contribution in [3.05, 3.63) is 63.0 Å². The molecule has 1 aromatic rings. The molecule has 1 atom stereocenters. The van der Waals surface area contributed by atoms with Crippen LogP contribution >= 0.6 is 0 Å². The molecule has 2 aliphatic rings. The fourth-order valence-corrected chi connectivity index (χ4v) is 16.3. The van der Waals surface area contributed by atoms with Crippen LogP contribution in [-0.4, -0.2) is 6.88 Å². The topological polar surface area (TPSA) is 0 Å². The molecule has 0 radical (unpaired) electrons. The average Bonchev–Trinajstić information content (AvgIpc) is 2.99. The molecule has 0 saturated heterocycles. The van der Waals surface area contributed by atoms with Gasteiger partial charge < -0.3 is 24.8 Å². The Balaban J connectivity index is 0.000001000. The summed E-state index contributed by atoms with van der Waals surface area (Å²) in [5.74, 6) is 0. The van der Waals surface area contributed by atoms with E-state index in [1.807, 2.05) is 0 Å². The van der Waals surface area contributed by atoms with E-state index < -0.39 is 17.4 Å². The van der Waals surface area contributed by atoms with Gasteiger partial charge in [-0.2, -0.15) is 0 Å². The zero-order valence-corrected chi connectivity index (χ0v) is 17.3. The normalized spacial score (nSPS) is 18.7. The van der Waals surface area contributed by atoms with Gasteiger partial charge in [-0.1, -0.05) is 0 Å². The van der Waals surface area contributed by atoms with Crippen LogP contribution in [0.4, 0.5) is 0 Å². The van der Waals surface area contributed by atoms with Gasteiger partial charge in [0.25, 0.3) is 0 Å². The monoisotopic (exact) mass is 400 g/mol. The van der Waals surface area contributed by atoms with Crippen molar-refractivity contribution in [1.82, 2.24) is 0 Å². The molecule has 2 aliphatic carbocycles. The second-order valence-electron chi connectivity index (χ2n) is 6.60. The molecule has 0 nitrogen and oxygen atoms in total. The number of allylic oxidation sites excluding steroid dienone is 5. The fourth-order valence-electron chi connectivity index (χ4n) is 3.31. The molecule has 3 rings (SSSR count). The van der Waals surface area contributed by atoms with Crippen LogP contribution in [0.15, 0.2) is 51.9 Å². The van der Waals surface area contributed by atoms with Crippen molar-refractivity contribution in [1.29, 1.82) is 0 Å². The number of hydrogen-bond donors (Lipinski definition) is 0. The molecule has 0 saturated carbocycles. The largest absolute Gasteiger partial charge is 1.00 e. The van der Waals surface area contributed by atoms with E-state index in [4.69, 9.17) is 0 Å². The third-order valence-electron chi connectivity index (χ3n) is 4.62. The number of fused-ring (bicyclic) bond motifs is 1. The Morgan fingerprint density at radius 2 is 1.85 bits per heavy atom. The summed E-state index contributed by atoms with van der Waals surface area (Å²) in [6, 6.07) is 8.92. The van der Waals surface area contributed by atoms with E-state index in [0.29, 0.717) is 3.63 Å². The summed E-state index contributed by atoms with van der Waals surface area (Å²) in [6.07, 6.45) is 12.9. The Morgan fingerprint density at radius 1 is 1.15 bits per heavy atom. The SMILES string of the molecule is [CH3][Zr+2]([CH3])(=[SiH2])([C]1=CC=CC1)[CH]1C=Cc2ccccc21.[Cl-].[Cl-]. The maximum atomic E-state index is 2.61. The maximum Gasteiger partial charge on any atom is -1.00 e. The van der Waals surface area contributed by atoms with Crippen LogP contribution in [0, 0.1) is 0 Å². The van der Waals surface area contributed by atoms with Crippen molar-refractivity contribution in [2.75, 3.05) is 0 Å². The quantitative estimate of drug-likeness (QED) is 0.499. The standard InChI is InChI=1S/C9H7.C5H5.2CH3.2ClH.H2Si.Zr/c1-2-5-9-7-3-6-8(9)4-1;1-2-4-5-3-1;;;;;;/h1-7H;1-3H,4H2;2*1H3;2*1H;1H2;/q;;;;;;;+2/p-2. The van der Waals surface area contributed by atoms with Gasteiger partial charge in [0.15, 0.2) is 0 Å². The first-order chi connectivity index (χ1) is 8.47. The van der Waals surface area contributed by atoms with E-state index in [-0.39, 0.29) is 24.8 Å². The fraction of sp³-hybridized carbons (Fsp3) is 0.250. The molecule has 0 N–H and O–H groups in total. The summed E-state index contributed by atoms with van der Waals surface area (Å²) in [5, 5.41) is 0. The molecule has 0 aromatic heterocycles. The molecular formula is C16H20Cl2SiZr. The Hall–Kier alpha value is 0.120. The molecule has 1 unspecified atom stereocenters. The number of halogens is 2. The predicted octanol–water partition coefficient (Wildman–Crippen LogP) is -2.06. The summed E-state index contributed by atoms with van der Waals surface area (Å²) in [5.41, 5.74) is 3.00. The van der Waals surface area contributed by atoms with Crippen LogP contribution in [0.2, 0.25) is 9.26 Å². The third-order valence-corrected chi connectivity index (χ3v) is 22.1. The Morgan fingerprint density at radius 3 is 2.50 bits per heavy atom. The van der Waals surface area contributed by atoms with Crippen LogP contribution in [0.5, 0.6) is 0 Å². The first kappa shape index (κ1) is 18.2. The molecule has 0 fully saturated rings. The predicted molar refractivity (Wildman–Crippen MR) is 80.3 cm³/mol. The molecule has 0 spiro atoms. The minimum atomic E-state index is -2.82. The van der Waals surface area contributed by atoms with Gasteiger partial charge in [-0.25, -0.2) is 0 Å². The Labute approximate surface area is 136 Å². The molecule has 106 valence electrons. The first-order valence-corrected chi connectivity index (χ1v) is 20.2. The van der Waals surface area contributed by atoms with E-state index in [0.717, 1.165) is 0 Å². The number of hydrogen-bond acceptors (Lipinski definition) is 0. The van der Waals surface area contributed by atoms with E-state index in [1.54, 1.807) is 8.84 Å². The van der Waals surface area contributed by atoms with Crippen LogP contribution in [-0.2, 0) is 17.4 Å². The van der Waals surface area contributed by atoms with Crippen molar-refractivity contribution in [3.63, 3.8) is 0 Å². The van der Waals surface area contributed by atoms with Gasteiger partial charge in [0.05, 0.1) is 0 Å². The molecule has 1 aromatic carbocycles. The van der Waals surface area contributed by atoms with E-state index in [1.165, 1.54) is 12.0 Å². The van der Waals surface area contributed by atoms with Gasteiger partial charge in [-0.3, -0.25) is 0 Å². The van der Waals surface area contributed by atoms with Gasteiger partial charge in [0.1, 0.15) is 0 Å². The second-order valence-corrected chi connectivity index (χ2v) is 36.4. The molecule has 20 heavy (non-hydrogen) atoms. The van der Waals surface area contributed by atoms with E-state index in [2.05, 4.69) is 70.8 Å². The molecule has 4 heteroatoms. The van der Waals surface area contributed by atoms with Crippen LogP contribution in [0.3, 0.4) is 0 Å². The summed E-state index contributed by atoms with van der Waals surface area (Å²) in [6.45, 7) is 2.35. The molecule has 0 amide bonds. The minimum Gasteiger partial charge on any atom is -1.00 e. The summed E-state index contributed by atoms with van der Waals surface area (Å²) >= 11 is -2.82. The maximum absolute atomic E-state index is 2.82. The van der Waals surface area contributed by atoms with Gasteiger partial charge in [0.2, 0.25) is 0 Å². The van der Waals surface area contributed by atoms with Crippen LogP contribution < -0.4 is 24.8 Å². The molecule has 0 bridgehead atoms. The van der Waals surface area contributed by atoms with E-state index in [9.17, 15) is 0 Å². The molecular weight excluding hydrogens is 382 g/mol. The smallest absolute Gasteiger partial charge is 1.00 e. The number of benzene rings is 1. The Bertz CT molecular complexity index is 665. The van der Waals surface area contributed by atoms with Crippen molar-refractivity contribution < 1.29 is 42.2 Å². The second kappa shape index (κ2) is 6.08. The minimum absolute atomic E-state index is 0. The average molecular weight is 403 g/mol. The van der Waals surface area contributed by atoms with Crippen molar-refractivity contribution in [3.8, 4) is 0 Å². The first-order valence-electron chi connectivity index (χ1n) is 6.68. The van der Waals surface area contributed by atoms with Crippen LogP contribution in [0.1, 0.15) is 21.2 Å². The third kappa shape index (κ3) is 2.86. The zero-order chi connectivity index (χ0) is 12.8. The van der Waals surface area contributed by atoms with Gasteiger partial charge in [-0.05, 0) is 0 Å². The van der Waals surface area contributed by atoms with Gasteiger partial charge in [-0.15, -0.1) is 0 Å². The van der Waals surface area contributed by atoms with Crippen molar-refractivity contribution in [2.24, 2.45) is 0 Å². The zero-order valence-electron chi connectivity index (χ0n) is 11.9. The van der Waals surface area contributed by atoms with Crippen molar-refractivity contribution in [2.45, 2.75) is 19.3 Å². The van der Waals surface area contributed by atoms with Gasteiger partial charge >= 0.3 is 113 Å². The van der Waals surface area contributed by atoms with E-state index >= 15 is 0 Å².